The van der Waals surface area contributed by atoms with Crippen molar-refractivity contribution in [3.8, 4) is 0 Å². The van der Waals surface area contributed by atoms with E-state index in [9.17, 15) is 9.59 Å². The minimum Gasteiger partial charge on any atom is -0.468 e. The number of thiophene rings is 1. The number of esters is 1. The normalized spacial score (nSPS) is 19.8. The van der Waals surface area contributed by atoms with Gasteiger partial charge in [-0.3, -0.25) is 9.59 Å². The lowest BCUT2D eigenvalue weighted by Gasteiger charge is -2.18. The number of benzene rings is 2. The van der Waals surface area contributed by atoms with Crippen LogP contribution in [0, 0.1) is 5.92 Å². The standard InChI is InChI=1S/C19H14O3S/c1-22-19(21)16-15(18-14(17(16)20)8-9-23-18)13-7-6-11-4-2-3-5-12(11)10-13/h2-10,15-16H,1H3/t15-,16-/m0/s1. The highest BCUT2D eigenvalue weighted by atomic mass is 32.1. The van der Waals surface area contributed by atoms with Crippen molar-refractivity contribution in [2.45, 2.75) is 5.92 Å². The molecule has 0 fully saturated rings. The van der Waals surface area contributed by atoms with Crippen LogP contribution < -0.4 is 0 Å². The van der Waals surface area contributed by atoms with Crippen LogP contribution in [0.4, 0.5) is 0 Å². The Morgan fingerprint density at radius 3 is 2.65 bits per heavy atom. The van der Waals surface area contributed by atoms with E-state index in [1.807, 2.05) is 41.8 Å². The number of rotatable bonds is 2. The van der Waals surface area contributed by atoms with E-state index >= 15 is 0 Å². The van der Waals surface area contributed by atoms with E-state index in [-0.39, 0.29) is 11.7 Å². The first kappa shape index (κ1) is 14.2. The van der Waals surface area contributed by atoms with Crippen molar-refractivity contribution in [3.63, 3.8) is 0 Å². The molecule has 0 bridgehead atoms. The fourth-order valence-corrected chi connectivity index (χ4v) is 4.42. The molecule has 3 aromatic rings. The van der Waals surface area contributed by atoms with Gasteiger partial charge >= 0.3 is 5.97 Å². The summed E-state index contributed by atoms with van der Waals surface area (Å²) in [5.41, 5.74) is 1.64. The Labute approximate surface area is 137 Å². The van der Waals surface area contributed by atoms with Gasteiger partial charge in [-0.15, -0.1) is 11.3 Å². The molecule has 23 heavy (non-hydrogen) atoms. The molecule has 1 aliphatic rings. The summed E-state index contributed by atoms with van der Waals surface area (Å²) in [4.78, 5) is 25.8. The van der Waals surface area contributed by atoms with Crippen molar-refractivity contribution in [2.24, 2.45) is 5.92 Å². The molecule has 3 nitrogen and oxygen atoms in total. The first-order valence-electron chi connectivity index (χ1n) is 7.39. The van der Waals surface area contributed by atoms with Crippen molar-refractivity contribution < 1.29 is 14.3 Å². The van der Waals surface area contributed by atoms with E-state index in [1.165, 1.54) is 18.4 Å². The lowest BCUT2D eigenvalue weighted by atomic mass is 9.87. The van der Waals surface area contributed by atoms with Crippen LogP contribution in [-0.4, -0.2) is 18.9 Å². The van der Waals surface area contributed by atoms with E-state index in [4.69, 9.17) is 4.74 Å². The molecule has 1 heterocycles. The van der Waals surface area contributed by atoms with Crippen LogP contribution in [0.25, 0.3) is 10.8 Å². The van der Waals surface area contributed by atoms with Gasteiger partial charge < -0.3 is 4.74 Å². The van der Waals surface area contributed by atoms with Crippen molar-refractivity contribution in [2.75, 3.05) is 7.11 Å². The summed E-state index contributed by atoms with van der Waals surface area (Å²) >= 11 is 1.53. The van der Waals surface area contributed by atoms with Gasteiger partial charge in [0.15, 0.2) is 5.78 Å². The van der Waals surface area contributed by atoms with Crippen molar-refractivity contribution >= 4 is 33.9 Å². The third-order valence-corrected chi connectivity index (χ3v) is 5.45. The number of methoxy groups -OCH3 is 1. The van der Waals surface area contributed by atoms with Crippen LogP contribution in [0.3, 0.4) is 0 Å². The van der Waals surface area contributed by atoms with Crippen molar-refractivity contribution in [1.82, 2.24) is 0 Å². The van der Waals surface area contributed by atoms with Crippen molar-refractivity contribution in [3.05, 3.63) is 69.9 Å². The van der Waals surface area contributed by atoms with E-state index in [0.29, 0.717) is 5.56 Å². The molecule has 0 amide bonds. The predicted octanol–water partition coefficient (Wildman–Crippen LogP) is 4.02. The molecular formula is C19H14O3S. The molecule has 0 saturated carbocycles. The summed E-state index contributed by atoms with van der Waals surface area (Å²) in [6, 6.07) is 16.0. The SMILES string of the molecule is COC(=O)[C@@H]1C(=O)c2ccsc2[C@H]1c1ccc2ccccc2c1. The fraction of sp³-hybridized carbons (Fsp3) is 0.158. The van der Waals surface area contributed by atoms with E-state index in [1.54, 1.807) is 6.07 Å². The number of carbonyl (C=O) groups excluding carboxylic acids is 2. The lowest BCUT2D eigenvalue weighted by molar-refractivity contribution is -0.143. The Bertz CT molecular complexity index is 925. The molecule has 4 rings (SSSR count). The van der Waals surface area contributed by atoms with Gasteiger partial charge in [0.05, 0.1) is 7.11 Å². The van der Waals surface area contributed by atoms with E-state index < -0.39 is 11.9 Å². The third kappa shape index (κ3) is 2.10. The molecule has 0 spiro atoms. The number of hydrogen-bond acceptors (Lipinski definition) is 4. The molecule has 0 N–H and O–H groups in total. The molecule has 4 heteroatoms. The summed E-state index contributed by atoms with van der Waals surface area (Å²) in [6.07, 6.45) is 0. The molecule has 2 atom stereocenters. The molecule has 0 saturated heterocycles. The zero-order valence-electron chi connectivity index (χ0n) is 12.5. The van der Waals surface area contributed by atoms with Gasteiger partial charge in [-0.05, 0) is 27.8 Å². The highest BCUT2D eigenvalue weighted by molar-refractivity contribution is 7.10. The van der Waals surface area contributed by atoms with Crippen LogP contribution in [0.2, 0.25) is 0 Å². The van der Waals surface area contributed by atoms with Gasteiger partial charge in [-0.2, -0.15) is 0 Å². The van der Waals surface area contributed by atoms with Crippen LogP contribution in [0.5, 0.6) is 0 Å². The lowest BCUT2D eigenvalue weighted by Crippen LogP contribution is -2.26. The monoisotopic (exact) mass is 322 g/mol. The highest BCUT2D eigenvalue weighted by Gasteiger charge is 2.46. The Kier molecular flexibility index (Phi) is 3.27. The first-order valence-corrected chi connectivity index (χ1v) is 8.27. The maximum Gasteiger partial charge on any atom is 0.317 e. The molecule has 114 valence electrons. The molecule has 0 radical (unpaired) electrons. The Hall–Kier alpha value is -2.46. The Balaban J connectivity index is 1.89. The molecule has 1 aromatic heterocycles. The molecule has 1 aliphatic carbocycles. The van der Waals surface area contributed by atoms with Crippen LogP contribution in [-0.2, 0) is 9.53 Å². The minimum absolute atomic E-state index is 0.133. The highest BCUT2D eigenvalue weighted by Crippen LogP contribution is 2.46. The third-order valence-electron chi connectivity index (χ3n) is 4.45. The van der Waals surface area contributed by atoms with E-state index in [2.05, 4.69) is 6.07 Å². The van der Waals surface area contributed by atoms with Gasteiger partial charge in [0, 0.05) is 16.4 Å². The molecule has 2 aromatic carbocycles. The second kappa shape index (κ2) is 5.32. The second-order valence-electron chi connectivity index (χ2n) is 5.65. The summed E-state index contributed by atoms with van der Waals surface area (Å²) < 4.78 is 4.89. The van der Waals surface area contributed by atoms with Gasteiger partial charge in [-0.1, -0.05) is 42.5 Å². The van der Waals surface area contributed by atoms with Gasteiger partial charge in [0.2, 0.25) is 0 Å². The average molecular weight is 322 g/mol. The summed E-state index contributed by atoms with van der Waals surface area (Å²) in [7, 11) is 1.33. The topological polar surface area (TPSA) is 43.4 Å². The maximum atomic E-state index is 12.6. The molecule has 0 aliphatic heterocycles. The first-order chi connectivity index (χ1) is 11.2. The zero-order chi connectivity index (χ0) is 16.0. The van der Waals surface area contributed by atoms with Gasteiger partial charge in [0.25, 0.3) is 0 Å². The number of hydrogen-bond donors (Lipinski definition) is 0. The summed E-state index contributed by atoms with van der Waals surface area (Å²) in [5, 5.41) is 4.15. The zero-order valence-corrected chi connectivity index (χ0v) is 13.3. The molecular weight excluding hydrogens is 308 g/mol. The Morgan fingerprint density at radius 2 is 1.87 bits per heavy atom. The number of ketones is 1. The quantitative estimate of drug-likeness (QED) is 0.529. The molecule has 0 unspecified atom stereocenters. The second-order valence-corrected chi connectivity index (χ2v) is 6.60. The number of ether oxygens (including phenoxy) is 1. The average Bonchev–Trinajstić information content (AvgIpc) is 3.16. The largest absolute Gasteiger partial charge is 0.468 e. The minimum atomic E-state index is -0.774. The van der Waals surface area contributed by atoms with Gasteiger partial charge in [-0.25, -0.2) is 0 Å². The van der Waals surface area contributed by atoms with Gasteiger partial charge in [0.1, 0.15) is 5.92 Å². The van der Waals surface area contributed by atoms with Crippen LogP contribution in [0.15, 0.2) is 53.9 Å². The van der Waals surface area contributed by atoms with Crippen LogP contribution in [0.1, 0.15) is 26.7 Å². The Morgan fingerprint density at radius 1 is 1.09 bits per heavy atom. The maximum absolute atomic E-state index is 12.6. The summed E-state index contributed by atoms with van der Waals surface area (Å²) in [6.45, 7) is 0. The van der Waals surface area contributed by atoms with Crippen LogP contribution >= 0.6 is 11.3 Å². The fourth-order valence-electron chi connectivity index (χ4n) is 3.35. The van der Waals surface area contributed by atoms with Crippen molar-refractivity contribution in [1.29, 1.82) is 0 Å². The number of carbonyl (C=O) groups is 2. The predicted molar refractivity (Wildman–Crippen MR) is 89.9 cm³/mol. The van der Waals surface area contributed by atoms with E-state index in [0.717, 1.165) is 21.2 Å². The smallest absolute Gasteiger partial charge is 0.317 e. The summed E-state index contributed by atoms with van der Waals surface area (Å²) in [5.74, 6) is -1.62. The number of fused-ring (bicyclic) bond motifs is 2. The number of Topliss-reactive ketones (excluding diaryl/α,β-unsaturated/α-hetero) is 1.